The number of hydrogen-bond acceptors (Lipinski definition) is 4. The smallest absolute Gasteiger partial charge is 0.313 e. The molecule has 0 saturated carbocycles. The molecular weight excluding hydrogens is 353 g/mol. The number of ether oxygens (including phenoxy) is 2. The van der Waals surface area contributed by atoms with Gasteiger partial charge in [-0.1, -0.05) is 6.07 Å². The van der Waals surface area contributed by atoms with E-state index in [4.69, 9.17) is 9.47 Å². The van der Waals surface area contributed by atoms with Crippen molar-refractivity contribution >= 4 is 17.5 Å². The normalized spacial score (nSPS) is 12.0. The van der Waals surface area contributed by atoms with E-state index in [2.05, 4.69) is 5.32 Å². The van der Waals surface area contributed by atoms with Crippen LogP contribution in [0.3, 0.4) is 0 Å². The number of anilines is 1. The van der Waals surface area contributed by atoms with Crippen LogP contribution in [-0.4, -0.2) is 25.2 Å². The summed E-state index contributed by atoms with van der Waals surface area (Å²) in [4.78, 5) is 23.4. The van der Waals surface area contributed by atoms with E-state index in [1.165, 1.54) is 0 Å². The highest BCUT2D eigenvalue weighted by atomic mass is 19.2. The SMILES string of the molecule is O=C(NCCc1ccc2c(c1)OCO2)C(=O)Nc1ccc(F)c(F)c1F. The molecule has 9 heteroatoms. The van der Waals surface area contributed by atoms with E-state index < -0.39 is 35.0 Å². The van der Waals surface area contributed by atoms with Gasteiger partial charge in [0.15, 0.2) is 29.0 Å². The fourth-order valence-electron chi connectivity index (χ4n) is 2.30. The van der Waals surface area contributed by atoms with Crippen molar-refractivity contribution in [1.82, 2.24) is 5.32 Å². The van der Waals surface area contributed by atoms with Crippen molar-refractivity contribution < 1.29 is 32.2 Å². The summed E-state index contributed by atoms with van der Waals surface area (Å²) in [6, 6.07) is 6.75. The lowest BCUT2D eigenvalue weighted by Gasteiger charge is -2.08. The maximum atomic E-state index is 13.5. The Bertz CT molecular complexity index is 873. The number of hydrogen-bond donors (Lipinski definition) is 2. The third-order valence-corrected chi connectivity index (χ3v) is 3.63. The fraction of sp³-hybridized carbons (Fsp3) is 0.176. The summed E-state index contributed by atoms with van der Waals surface area (Å²) in [6.45, 7) is 0.280. The van der Waals surface area contributed by atoms with Crippen molar-refractivity contribution in [1.29, 1.82) is 0 Å². The summed E-state index contributed by atoms with van der Waals surface area (Å²) in [6.07, 6.45) is 0.412. The van der Waals surface area contributed by atoms with Gasteiger partial charge in [-0.05, 0) is 36.2 Å². The Hall–Kier alpha value is -3.23. The number of amides is 2. The lowest BCUT2D eigenvalue weighted by atomic mass is 10.1. The van der Waals surface area contributed by atoms with Crippen LogP contribution in [0, 0.1) is 17.5 Å². The predicted molar refractivity (Wildman–Crippen MR) is 84.2 cm³/mol. The summed E-state index contributed by atoms with van der Waals surface area (Å²) < 4.78 is 49.9. The van der Waals surface area contributed by atoms with Gasteiger partial charge in [0.1, 0.15) is 0 Å². The van der Waals surface area contributed by atoms with Crippen LogP contribution in [0.1, 0.15) is 5.56 Å². The molecule has 3 rings (SSSR count). The van der Waals surface area contributed by atoms with Crippen molar-refractivity contribution in [2.24, 2.45) is 0 Å². The Labute approximate surface area is 145 Å². The summed E-state index contributed by atoms with van der Waals surface area (Å²) in [5.74, 6) is -5.70. The molecule has 0 unspecified atom stereocenters. The second-order valence-electron chi connectivity index (χ2n) is 5.37. The van der Waals surface area contributed by atoms with Crippen LogP contribution in [0.25, 0.3) is 0 Å². The van der Waals surface area contributed by atoms with Crippen molar-refractivity contribution in [3.8, 4) is 11.5 Å². The molecule has 0 aromatic heterocycles. The molecule has 0 bridgehead atoms. The number of carbonyl (C=O) groups excluding carboxylic acids is 2. The summed E-state index contributed by atoms with van der Waals surface area (Å²) in [5.41, 5.74) is 0.224. The third kappa shape index (κ3) is 3.71. The first-order chi connectivity index (χ1) is 12.5. The van der Waals surface area contributed by atoms with E-state index in [0.717, 1.165) is 11.6 Å². The zero-order valence-electron chi connectivity index (χ0n) is 13.3. The maximum Gasteiger partial charge on any atom is 0.313 e. The van der Waals surface area contributed by atoms with E-state index >= 15 is 0 Å². The molecular formula is C17H13F3N2O4. The molecule has 0 aliphatic carbocycles. The van der Waals surface area contributed by atoms with Gasteiger partial charge in [0.2, 0.25) is 6.79 Å². The van der Waals surface area contributed by atoms with Crippen molar-refractivity contribution in [2.45, 2.75) is 6.42 Å². The molecule has 6 nitrogen and oxygen atoms in total. The Kier molecular flexibility index (Phi) is 4.97. The summed E-state index contributed by atoms with van der Waals surface area (Å²) >= 11 is 0. The number of nitrogens with one attached hydrogen (secondary N) is 2. The van der Waals surface area contributed by atoms with Crippen LogP contribution in [0.4, 0.5) is 18.9 Å². The lowest BCUT2D eigenvalue weighted by Crippen LogP contribution is -2.36. The van der Waals surface area contributed by atoms with Gasteiger partial charge in [0.05, 0.1) is 5.69 Å². The molecule has 26 heavy (non-hydrogen) atoms. The molecule has 2 aromatic rings. The topological polar surface area (TPSA) is 76.7 Å². The molecule has 2 amide bonds. The molecule has 136 valence electrons. The molecule has 1 heterocycles. The molecule has 1 aliphatic rings. The van der Waals surface area contributed by atoms with Gasteiger partial charge in [-0.15, -0.1) is 0 Å². The highest BCUT2D eigenvalue weighted by Crippen LogP contribution is 2.32. The van der Waals surface area contributed by atoms with Crippen LogP contribution in [0.15, 0.2) is 30.3 Å². The summed E-state index contributed by atoms with van der Waals surface area (Å²) in [7, 11) is 0. The molecule has 0 radical (unpaired) electrons. The first-order valence-electron chi connectivity index (χ1n) is 7.57. The standard InChI is InChI=1S/C17H13F3N2O4/c18-10-2-3-11(15(20)14(10)19)22-17(24)16(23)21-6-5-9-1-4-12-13(7-9)26-8-25-12/h1-4,7H,5-6,8H2,(H,21,23)(H,22,24). The number of benzene rings is 2. The largest absolute Gasteiger partial charge is 0.454 e. The summed E-state index contributed by atoms with van der Waals surface area (Å²) in [5, 5.41) is 4.24. The molecule has 2 aromatic carbocycles. The van der Waals surface area contributed by atoms with Gasteiger partial charge in [-0.3, -0.25) is 9.59 Å². The highest BCUT2D eigenvalue weighted by Gasteiger charge is 2.19. The third-order valence-electron chi connectivity index (χ3n) is 3.63. The van der Waals surface area contributed by atoms with Crippen LogP contribution in [0.2, 0.25) is 0 Å². The van der Waals surface area contributed by atoms with E-state index in [1.54, 1.807) is 18.2 Å². The molecule has 0 saturated heterocycles. The van der Waals surface area contributed by atoms with Crippen LogP contribution < -0.4 is 20.1 Å². The van der Waals surface area contributed by atoms with Crippen LogP contribution in [-0.2, 0) is 16.0 Å². The minimum Gasteiger partial charge on any atom is -0.454 e. The Morgan fingerprint density at radius 3 is 2.54 bits per heavy atom. The minimum absolute atomic E-state index is 0.131. The van der Waals surface area contributed by atoms with Crippen LogP contribution >= 0.6 is 0 Å². The Balaban J connectivity index is 1.52. The second-order valence-corrected chi connectivity index (χ2v) is 5.37. The van der Waals surface area contributed by atoms with Gasteiger partial charge < -0.3 is 20.1 Å². The van der Waals surface area contributed by atoms with E-state index in [9.17, 15) is 22.8 Å². The fourth-order valence-corrected chi connectivity index (χ4v) is 2.30. The Morgan fingerprint density at radius 2 is 1.73 bits per heavy atom. The van der Waals surface area contributed by atoms with Gasteiger partial charge in [0, 0.05) is 6.54 Å². The first-order valence-corrected chi connectivity index (χ1v) is 7.57. The zero-order chi connectivity index (χ0) is 18.7. The van der Waals surface area contributed by atoms with Gasteiger partial charge in [0.25, 0.3) is 0 Å². The van der Waals surface area contributed by atoms with Crippen molar-refractivity contribution in [2.75, 3.05) is 18.7 Å². The quantitative estimate of drug-likeness (QED) is 0.642. The number of carbonyl (C=O) groups is 2. The predicted octanol–water partition coefficient (Wildman–Crippen LogP) is 2.13. The van der Waals surface area contributed by atoms with Gasteiger partial charge in [-0.2, -0.15) is 0 Å². The molecule has 2 N–H and O–H groups in total. The Morgan fingerprint density at radius 1 is 0.962 bits per heavy atom. The minimum atomic E-state index is -1.73. The van der Waals surface area contributed by atoms with E-state index in [-0.39, 0.29) is 13.3 Å². The highest BCUT2D eigenvalue weighted by molar-refractivity contribution is 6.39. The monoisotopic (exact) mass is 366 g/mol. The van der Waals surface area contributed by atoms with Crippen molar-refractivity contribution in [3.05, 3.63) is 53.3 Å². The van der Waals surface area contributed by atoms with Crippen molar-refractivity contribution in [3.63, 3.8) is 0 Å². The van der Waals surface area contributed by atoms with Gasteiger partial charge in [-0.25, -0.2) is 13.2 Å². The molecule has 0 fully saturated rings. The average molecular weight is 366 g/mol. The molecule has 1 aliphatic heterocycles. The maximum absolute atomic E-state index is 13.5. The lowest BCUT2D eigenvalue weighted by molar-refractivity contribution is -0.136. The number of rotatable bonds is 4. The number of halogens is 3. The van der Waals surface area contributed by atoms with E-state index in [1.807, 2.05) is 5.32 Å². The second kappa shape index (κ2) is 7.34. The van der Waals surface area contributed by atoms with Crippen LogP contribution in [0.5, 0.6) is 11.5 Å². The first kappa shape index (κ1) is 17.6. The zero-order valence-corrected chi connectivity index (χ0v) is 13.3. The molecule has 0 spiro atoms. The van der Waals surface area contributed by atoms with Gasteiger partial charge >= 0.3 is 11.8 Å². The number of fused-ring (bicyclic) bond motifs is 1. The molecule has 0 atom stereocenters. The van der Waals surface area contributed by atoms with E-state index in [0.29, 0.717) is 24.0 Å². The average Bonchev–Trinajstić information content (AvgIpc) is 3.09.